The van der Waals surface area contributed by atoms with Gasteiger partial charge in [0.2, 0.25) is 11.8 Å². The van der Waals surface area contributed by atoms with Crippen LogP contribution in [0, 0.1) is 13.8 Å². The van der Waals surface area contributed by atoms with Gasteiger partial charge in [0.25, 0.3) is 5.91 Å². The van der Waals surface area contributed by atoms with Crippen molar-refractivity contribution in [1.29, 1.82) is 0 Å². The van der Waals surface area contributed by atoms with Crippen molar-refractivity contribution in [2.75, 3.05) is 31.6 Å². The summed E-state index contributed by atoms with van der Waals surface area (Å²) >= 11 is 0. The van der Waals surface area contributed by atoms with Crippen LogP contribution in [0.1, 0.15) is 47.2 Å². The van der Waals surface area contributed by atoms with E-state index in [1.807, 2.05) is 50.2 Å². The molecule has 0 spiro atoms. The Kier molecular flexibility index (Phi) is 9.01. The quantitative estimate of drug-likeness (QED) is 0.542. The van der Waals surface area contributed by atoms with E-state index in [9.17, 15) is 14.4 Å². The molecule has 33 heavy (non-hydrogen) atoms. The Morgan fingerprint density at radius 3 is 2.58 bits per heavy atom. The van der Waals surface area contributed by atoms with Crippen molar-refractivity contribution in [1.82, 2.24) is 10.2 Å². The number of benzene rings is 2. The molecule has 1 aliphatic heterocycles. The molecule has 0 bridgehead atoms. The Labute approximate surface area is 195 Å². The first-order chi connectivity index (χ1) is 15.9. The molecule has 0 saturated carbocycles. The molecule has 1 atom stereocenters. The summed E-state index contributed by atoms with van der Waals surface area (Å²) in [6, 6.07) is 14.7. The van der Waals surface area contributed by atoms with E-state index in [0.29, 0.717) is 31.7 Å². The summed E-state index contributed by atoms with van der Waals surface area (Å²) < 4.78 is 5.69. The van der Waals surface area contributed by atoms with Gasteiger partial charge in [-0.05, 0) is 62.4 Å². The molecule has 0 radical (unpaired) electrons. The zero-order chi connectivity index (χ0) is 23.6. The molecular formula is C26H33N3O4. The minimum absolute atomic E-state index is 0.0253. The van der Waals surface area contributed by atoms with Crippen molar-refractivity contribution >= 4 is 23.4 Å². The number of carbonyl (C=O) groups is 3. The van der Waals surface area contributed by atoms with E-state index in [1.165, 1.54) is 0 Å². The number of amides is 3. The summed E-state index contributed by atoms with van der Waals surface area (Å²) in [4.78, 5) is 39.4. The molecule has 1 aliphatic rings. The molecule has 0 aliphatic carbocycles. The number of carbonyl (C=O) groups excluding carboxylic acids is 3. The number of nitrogens with one attached hydrogen (secondary N) is 2. The Morgan fingerprint density at radius 1 is 1.06 bits per heavy atom. The van der Waals surface area contributed by atoms with Gasteiger partial charge >= 0.3 is 0 Å². The second-order valence-corrected chi connectivity index (χ2v) is 8.43. The van der Waals surface area contributed by atoms with E-state index in [-0.39, 0.29) is 36.8 Å². The van der Waals surface area contributed by atoms with Crippen molar-refractivity contribution in [3.8, 4) is 0 Å². The van der Waals surface area contributed by atoms with Crippen LogP contribution in [0.4, 0.5) is 5.69 Å². The van der Waals surface area contributed by atoms with Crippen LogP contribution < -0.4 is 10.6 Å². The number of rotatable bonds is 10. The zero-order valence-corrected chi connectivity index (χ0v) is 19.4. The average Bonchev–Trinajstić information content (AvgIpc) is 3.33. The van der Waals surface area contributed by atoms with Crippen molar-refractivity contribution in [2.45, 2.75) is 45.6 Å². The first kappa shape index (κ1) is 24.5. The molecule has 0 aromatic heterocycles. The third-order valence-electron chi connectivity index (χ3n) is 5.90. The SMILES string of the molecule is Cc1cccc(NC(=O)CN(CC2CCCO2)C(=O)CCCNC(=O)c2ccccc2)c1C. The summed E-state index contributed by atoms with van der Waals surface area (Å²) in [5.74, 6) is -0.504. The van der Waals surface area contributed by atoms with Crippen molar-refractivity contribution < 1.29 is 19.1 Å². The van der Waals surface area contributed by atoms with E-state index < -0.39 is 0 Å². The molecule has 7 nitrogen and oxygen atoms in total. The van der Waals surface area contributed by atoms with Crippen LogP contribution in [0.15, 0.2) is 48.5 Å². The van der Waals surface area contributed by atoms with Gasteiger partial charge in [0.1, 0.15) is 0 Å². The molecule has 7 heteroatoms. The Balaban J connectivity index is 1.52. The fourth-order valence-corrected chi connectivity index (χ4v) is 3.83. The van der Waals surface area contributed by atoms with Crippen LogP contribution in [0.25, 0.3) is 0 Å². The lowest BCUT2D eigenvalue weighted by molar-refractivity contribution is -0.136. The predicted molar refractivity (Wildman–Crippen MR) is 128 cm³/mol. The molecule has 1 unspecified atom stereocenters. The van der Waals surface area contributed by atoms with Gasteiger partial charge in [0, 0.05) is 37.4 Å². The van der Waals surface area contributed by atoms with Crippen molar-refractivity contribution in [3.63, 3.8) is 0 Å². The molecule has 3 rings (SSSR count). The zero-order valence-electron chi connectivity index (χ0n) is 19.4. The first-order valence-corrected chi connectivity index (χ1v) is 11.5. The summed E-state index contributed by atoms with van der Waals surface area (Å²) in [5.41, 5.74) is 3.45. The highest BCUT2D eigenvalue weighted by Gasteiger charge is 2.24. The van der Waals surface area contributed by atoms with Crippen LogP contribution in [0.2, 0.25) is 0 Å². The number of nitrogens with zero attached hydrogens (tertiary/aromatic N) is 1. The number of hydrogen-bond acceptors (Lipinski definition) is 4. The lowest BCUT2D eigenvalue weighted by Crippen LogP contribution is -2.42. The van der Waals surface area contributed by atoms with Gasteiger partial charge in [0.05, 0.1) is 12.6 Å². The summed E-state index contributed by atoms with van der Waals surface area (Å²) in [7, 11) is 0. The molecule has 1 fully saturated rings. The lowest BCUT2D eigenvalue weighted by Gasteiger charge is -2.25. The van der Waals surface area contributed by atoms with Gasteiger partial charge in [-0.1, -0.05) is 30.3 Å². The van der Waals surface area contributed by atoms with E-state index in [2.05, 4.69) is 10.6 Å². The highest BCUT2D eigenvalue weighted by atomic mass is 16.5. The third-order valence-corrected chi connectivity index (χ3v) is 5.90. The van der Waals surface area contributed by atoms with Gasteiger partial charge in [-0.15, -0.1) is 0 Å². The molecule has 1 saturated heterocycles. The van der Waals surface area contributed by atoms with Gasteiger partial charge in [-0.3, -0.25) is 14.4 Å². The monoisotopic (exact) mass is 451 g/mol. The smallest absolute Gasteiger partial charge is 0.251 e. The minimum Gasteiger partial charge on any atom is -0.376 e. The number of ether oxygens (including phenoxy) is 1. The molecule has 2 aromatic rings. The normalized spacial score (nSPS) is 15.2. The average molecular weight is 452 g/mol. The Bertz CT molecular complexity index is 955. The maximum Gasteiger partial charge on any atom is 0.251 e. The fraction of sp³-hybridized carbons (Fsp3) is 0.423. The fourth-order valence-electron chi connectivity index (χ4n) is 3.83. The Morgan fingerprint density at radius 2 is 1.85 bits per heavy atom. The molecule has 2 N–H and O–H groups in total. The summed E-state index contributed by atoms with van der Waals surface area (Å²) in [6.07, 6.45) is 2.55. The van der Waals surface area contributed by atoms with Gasteiger partial charge < -0.3 is 20.3 Å². The first-order valence-electron chi connectivity index (χ1n) is 11.5. The highest BCUT2D eigenvalue weighted by Crippen LogP contribution is 2.18. The maximum absolute atomic E-state index is 12.9. The number of aryl methyl sites for hydroxylation is 1. The maximum atomic E-state index is 12.9. The van der Waals surface area contributed by atoms with E-state index >= 15 is 0 Å². The van der Waals surface area contributed by atoms with Crippen LogP contribution in [-0.2, 0) is 14.3 Å². The second kappa shape index (κ2) is 12.2. The van der Waals surface area contributed by atoms with Gasteiger partial charge in [-0.25, -0.2) is 0 Å². The standard InChI is InChI=1S/C26H33N3O4/c1-19-9-6-13-23(20(19)2)28-24(30)18-29(17-22-12-8-16-33-22)25(31)14-7-15-27-26(32)21-10-4-3-5-11-21/h3-6,9-11,13,22H,7-8,12,14-18H2,1-2H3,(H,27,32)(H,28,30). The summed E-state index contributed by atoms with van der Waals surface area (Å²) in [6.45, 7) is 5.41. The predicted octanol–water partition coefficient (Wildman–Crippen LogP) is 3.46. The van der Waals surface area contributed by atoms with Gasteiger partial charge in [-0.2, -0.15) is 0 Å². The van der Waals surface area contributed by atoms with Crippen LogP contribution >= 0.6 is 0 Å². The summed E-state index contributed by atoms with van der Waals surface area (Å²) in [5, 5.41) is 5.77. The lowest BCUT2D eigenvalue weighted by atomic mass is 10.1. The third kappa shape index (κ3) is 7.43. The minimum atomic E-state index is -0.229. The molecule has 176 valence electrons. The van der Waals surface area contributed by atoms with E-state index in [4.69, 9.17) is 4.74 Å². The Hall–Kier alpha value is -3.19. The largest absolute Gasteiger partial charge is 0.376 e. The number of hydrogen-bond donors (Lipinski definition) is 2. The molecule has 2 aromatic carbocycles. The van der Waals surface area contributed by atoms with Gasteiger partial charge in [0.15, 0.2) is 0 Å². The molecule has 3 amide bonds. The van der Waals surface area contributed by atoms with Crippen molar-refractivity contribution in [2.24, 2.45) is 0 Å². The van der Waals surface area contributed by atoms with Crippen LogP contribution in [0.5, 0.6) is 0 Å². The topological polar surface area (TPSA) is 87.7 Å². The van der Waals surface area contributed by atoms with Crippen molar-refractivity contribution in [3.05, 3.63) is 65.2 Å². The van der Waals surface area contributed by atoms with Crippen LogP contribution in [-0.4, -0.2) is 55.0 Å². The highest BCUT2D eigenvalue weighted by molar-refractivity contribution is 5.95. The molecule has 1 heterocycles. The number of anilines is 1. The van der Waals surface area contributed by atoms with E-state index in [1.54, 1.807) is 17.0 Å². The second-order valence-electron chi connectivity index (χ2n) is 8.43. The molecular weight excluding hydrogens is 418 g/mol. The van der Waals surface area contributed by atoms with Crippen LogP contribution in [0.3, 0.4) is 0 Å². The van der Waals surface area contributed by atoms with E-state index in [0.717, 1.165) is 29.7 Å².